The molecule has 1 aromatic carbocycles. The lowest BCUT2D eigenvalue weighted by atomic mass is 9.57. The first kappa shape index (κ1) is 23.2. The van der Waals surface area contributed by atoms with Gasteiger partial charge < -0.3 is 9.64 Å². The minimum absolute atomic E-state index is 0.225. The molecular weight excluding hydrogens is 483 g/mol. The van der Waals surface area contributed by atoms with E-state index in [-0.39, 0.29) is 17.2 Å². The van der Waals surface area contributed by atoms with Crippen LogP contribution in [0.5, 0.6) is 0 Å². The summed E-state index contributed by atoms with van der Waals surface area (Å²) in [6, 6.07) is 8.92. The molecule has 1 aliphatic carbocycles. The Morgan fingerprint density at radius 1 is 1.14 bits per heavy atom. The standard InChI is InChI=1S/C26H28ClFN6O2/c1-25(2,3)36-24(35)32-12-16-8-18(27)4-6-20(16)34-22(13-32)30-31-23(34)17-9-26(10-17)14-33(15-26)21-7-5-19(28)11-29-21/h4-8,11,17H,9-10,12-15H2,1-3H3. The Balaban J connectivity index is 1.24. The van der Waals surface area contributed by atoms with E-state index in [1.54, 1.807) is 11.0 Å². The molecule has 2 aliphatic heterocycles. The SMILES string of the molecule is CC(C)(C)OC(=O)N1Cc2cc(Cl)ccc2-n2c(nnc2C2CC3(C2)CN(c2ccc(F)cn2)C3)C1. The van der Waals surface area contributed by atoms with Crippen molar-refractivity contribution in [3.8, 4) is 5.69 Å². The van der Waals surface area contributed by atoms with Gasteiger partial charge in [-0.25, -0.2) is 14.2 Å². The molecule has 2 fully saturated rings. The number of nitrogens with zero attached hydrogens (tertiary/aromatic N) is 6. The molecule has 1 spiro atoms. The van der Waals surface area contributed by atoms with Gasteiger partial charge in [-0.1, -0.05) is 11.6 Å². The van der Waals surface area contributed by atoms with Crippen LogP contribution in [0.15, 0.2) is 36.5 Å². The van der Waals surface area contributed by atoms with E-state index < -0.39 is 11.7 Å². The van der Waals surface area contributed by atoms with Crippen molar-refractivity contribution in [3.63, 3.8) is 0 Å². The van der Waals surface area contributed by atoms with Crippen molar-refractivity contribution in [1.29, 1.82) is 0 Å². The van der Waals surface area contributed by atoms with E-state index in [1.165, 1.54) is 12.3 Å². The molecular formula is C26H28ClFN6O2. The Kier molecular flexibility index (Phi) is 5.26. The molecule has 1 amide bonds. The lowest BCUT2D eigenvalue weighted by Crippen LogP contribution is -2.62. The van der Waals surface area contributed by atoms with Crippen LogP contribution in [-0.2, 0) is 17.8 Å². The number of hydrogen-bond donors (Lipinski definition) is 0. The zero-order chi connectivity index (χ0) is 25.2. The molecule has 3 aliphatic rings. The van der Waals surface area contributed by atoms with Crippen LogP contribution in [0, 0.1) is 11.2 Å². The third kappa shape index (κ3) is 4.09. The first-order valence-corrected chi connectivity index (χ1v) is 12.5. The zero-order valence-electron chi connectivity index (χ0n) is 20.5. The minimum Gasteiger partial charge on any atom is -0.444 e. The third-order valence-electron chi connectivity index (χ3n) is 7.20. The number of carbonyl (C=O) groups is 1. The number of rotatable bonds is 2. The lowest BCUT2D eigenvalue weighted by molar-refractivity contribution is 0.0214. The van der Waals surface area contributed by atoms with Gasteiger partial charge >= 0.3 is 6.09 Å². The Morgan fingerprint density at radius 2 is 1.92 bits per heavy atom. The van der Waals surface area contributed by atoms with E-state index in [2.05, 4.69) is 24.6 Å². The fourth-order valence-electron chi connectivity index (χ4n) is 5.65. The highest BCUT2D eigenvalue weighted by Crippen LogP contribution is 2.56. The van der Waals surface area contributed by atoms with Gasteiger partial charge in [-0.2, -0.15) is 0 Å². The zero-order valence-corrected chi connectivity index (χ0v) is 21.3. The fourth-order valence-corrected chi connectivity index (χ4v) is 5.85. The highest BCUT2D eigenvalue weighted by Gasteiger charge is 2.54. The van der Waals surface area contributed by atoms with Crippen molar-refractivity contribution >= 4 is 23.5 Å². The monoisotopic (exact) mass is 510 g/mol. The van der Waals surface area contributed by atoms with Crippen LogP contribution in [0.25, 0.3) is 5.69 Å². The van der Waals surface area contributed by atoms with Gasteiger partial charge in [-0.05, 0) is 69.5 Å². The van der Waals surface area contributed by atoms with E-state index in [9.17, 15) is 9.18 Å². The topological polar surface area (TPSA) is 76.4 Å². The van der Waals surface area contributed by atoms with Crippen molar-refractivity contribution in [2.24, 2.45) is 5.41 Å². The number of ether oxygens (including phenoxy) is 1. The van der Waals surface area contributed by atoms with Gasteiger partial charge in [0.05, 0.1) is 25.0 Å². The molecule has 36 heavy (non-hydrogen) atoms. The predicted molar refractivity (Wildman–Crippen MR) is 133 cm³/mol. The molecule has 188 valence electrons. The first-order chi connectivity index (χ1) is 17.1. The molecule has 6 rings (SSSR count). The second kappa shape index (κ2) is 8.16. The van der Waals surface area contributed by atoms with Crippen LogP contribution in [0.1, 0.15) is 56.7 Å². The maximum Gasteiger partial charge on any atom is 0.411 e. The van der Waals surface area contributed by atoms with Crippen molar-refractivity contribution in [1.82, 2.24) is 24.6 Å². The van der Waals surface area contributed by atoms with Gasteiger partial charge in [0.15, 0.2) is 5.82 Å². The van der Waals surface area contributed by atoms with Crippen molar-refractivity contribution in [2.45, 2.75) is 58.2 Å². The average molecular weight is 511 g/mol. The number of benzene rings is 1. The Hall–Kier alpha value is -3.20. The van der Waals surface area contributed by atoms with E-state index in [1.807, 2.05) is 39.0 Å². The number of hydrogen-bond acceptors (Lipinski definition) is 6. The first-order valence-electron chi connectivity index (χ1n) is 12.2. The summed E-state index contributed by atoms with van der Waals surface area (Å²) in [6.07, 6.45) is 2.88. The van der Waals surface area contributed by atoms with Crippen molar-refractivity contribution in [2.75, 3.05) is 18.0 Å². The molecule has 2 aromatic heterocycles. The highest BCUT2D eigenvalue weighted by molar-refractivity contribution is 6.30. The summed E-state index contributed by atoms with van der Waals surface area (Å²) in [5, 5.41) is 9.72. The maximum absolute atomic E-state index is 13.2. The molecule has 8 nitrogen and oxygen atoms in total. The summed E-state index contributed by atoms with van der Waals surface area (Å²) in [5.41, 5.74) is 1.51. The van der Waals surface area contributed by atoms with E-state index in [4.69, 9.17) is 16.3 Å². The summed E-state index contributed by atoms with van der Waals surface area (Å²) in [5.74, 6) is 2.39. The van der Waals surface area contributed by atoms with Gasteiger partial charge in [-0.3, -0.25) is 9.47 Å². The Bertz CT molecular complexity index is 1320. The largest absolute Gasteiger partial charge is 0.444 e. The quantitative estimate of drug-likeness (QED) is 0.478. The van der Waals surface area contributed by atoms with Gasteiger partial charge in [0.25, 0.3) is 0 Å². The van der Waals surface area contributed by atoms with Crippen LogP contribution in [0.2, 0.25) is 5.02 Å². The minimum atomic E-state index is -0.597. The van der Waals surface area contributed by atoms with Crippen LogP contribution < -0.4 is 4.90 Å². The van der Waals surface area contributed by atoms with E-state index in [0.29, 0.717) is 23.9 Å². The molecule has 0 radical (unpaired) electrons. The molecule has 1 saturated heterocycles. The molecule has 1 saturated carbocycles. The molecule has 4 heterocycles. The number of anilines is 1. The molecule has 0 N–H and O–H groups in total. The van der Waals surface area contributed by atoms with Gasteiger partial charge in [0, 0.05) is 29.4 Å². The second-order valence-corrected chi connectivity index (χ2v) is 11.7. The number of fused-ring (bicyclic) bond motifs is 3. The summed E-state index contributed by atoms with van der Waals surface area (Å²) in [6.45, 7) is 8.05. The predicted octanol–water partition coefficient (Wildman–Crippen LogP) is 5.09. The molecule has 0 atom stereocenters. The molecule has 10 heteroatoms. The van der Waals surface area contributed by atoms with Gasteiger partial charge in [0.2, 0.25) is 0 Å². The highest BCUT2D eigenvalue weighted by atomic mass is 35.5. The summed E-state index contributed by atoms with van der Waals surface area (Å²) in [4.78, 5) is 21.0. The number of pyridine rings is 1. The number of carbonyl (C=O) groups excluding carboxylic acids is 1. The Labute approximate surface area is 214 Å². The number of aromatic nitrogens is 4. The van der Waals surface area contributed by atoms with Crippen LogP contribution in [0.4, 0.5) is 15.0 Å². The van der Waals surface area contributed by atoms with Gasteiger partial charge in [0.1, 0.15) is 23.1 Å². The van der Waals surface area contributed by atoms with Crippen LogP contribution in [-0.4, -0.2) is 49.4 Å². The summed E-state index contributed by atoms with van der Waals surface area (Å²) in [7, 11) is 0. The van der Waals surface area contributed by atoms with E-state index >= 15 is 0 Å². The third-order valence-corrected chi connectivity index (χ3v) is 7.43. The Morgan fingerprint density at radius 3 is 2.61 bits per heavy atom. The van der Waals surface area contributed by atoms with Crippen molar-refractivity contribution in [3.05, 3.63) is 64.6 Å². The number of halogens is 2. The van der Waals surface area contributed by atoms with Crippen LogP contribution in [0.3, 0.4) is 0 Å². The van der Waals surface area contributed by atoms with Crippen molar-refractivity contribution < 1.29 is 13.9 Å². The second-order valence-electron chi connectivity index (χ2n) is 11.2. The maximum atomic E-state index is 13.2. The fraction of sp³-hybridized carbons (Fsp3) is 0.462. The molecule has 0 unspecified atom stereocenters. The molecule has 0 bridgehead atoms. The number of amides is 1. The van der Waals surface area contributed by atoms with Crippen LogP contribution >= 0.6 is 11.6 Å². The molecule has 3 aromatic rings. The smallest absolute Gasteiger partial charge is 0.411 e. The lowest BCUT2D eigenvalue weighted by Gasteiger charge is -2.59. The average Bonchev–Trinajstić information content (AvgIpc) is 3.07. The summed E-state index contributed by atoms with van der Waals surface area (Å²) >= 11 is 6.34. The van der Waals surface area contributed by atoms with E-state index in [0.717, 1.165) is 48.8 Å². The normalized spacial score (nSPS) is 18.7. The summed E-state index contributed by atoms with van der Waals surface area (Å²) < 4.78 is 21.0. The van der Waals surface area contributed by atoms with Gasteiger partial charge in [-0.15, -0.1) is 10.2 Å².